The quantitative estimate of drug-likeness (QED) is 0.351. The van der Waals surface area contributed by atoms with Gasteiger partial charge in [0.05, 0.1) is 22.9 Å². The Balaban J connectivity index is 1.83. The summed E-state index contributed by atoms with van der Waals surface area (Å²) in [5.41, 5.74) is 0.891. The number of carbonyl (C=O) groups excluding carboxylic acids is 2. The molecule has 9 heteroatoms. The van der Waals surface area contributed by atoms with Crippen molar-refractivity contribution in [3.63, 3.8) is 0 Å². The number of nitrogens with one attached hydrogen (secondary N) is 1. The standard InChI is InChI=1S/C31H33F4N3O2/c1-17-10-19(13-20(11-17)31(33,34)35)29(3,4)28(40)38(7)26-16-36-25(24-15-27(39)37-30(24,5)6)14-23(26)22-9-8-21(32)12-18(22)2/h8-14,16,24H,15H2,1-7H3,(H,37,39). The molecule has 212 valence electrons. The van der Waals surface area contributed by atoms with Crippen molar-refractivity contribution in [1.29, 1.82) is 0 Å². The van der Waals surface area contributed by atoms with E-state index in [1.807, 2.05) is 19.9 Å². The van der Waals surface area contributed by atoms with Gasteiger partial charge >= 0.3 is 6.18 Å². The van der Waals surface area contributed by atoms with Gasteiger partial charge in [0.2, 0.25) is 11.8 Å². The van der Waals surface area contributed by atoms with Crippen LogP contribution in [-0.4, -0.2) is 29.4 Å². The van der Waals surface area contributed by atoms with Crippen LogP contribution in [0.4, 0.5) is 23.2 Å². The van der Waals surface area contributed by atoms with E-state index in [2.05, 4.69) is 10.3 Å². The van der Waals surface area contributed by atoms with E-state index < -0.39 is 34.4 Å². The third kappa shape index (κ3) is 5.46. The van der Waals surface area contributed by atoms with Crippen molar-refractivity contribution in [2.45, 2.75) is 71.0 Å². The molecule has 5 nitrogen and oxygen atoms in total. The average molecular weight is 556 g/mol. The van der Waals surface area contributed by atoms with E-state index in [0.29, 0.717) is 33.6 Å². The molecule has 2 amide bonds. The van der Waals surface area contributed by atoms with Gasteiger partial charge in [-0.1, -0.05) is 17.7 Å². The monoisotopic (exact) mass is 555 g/mol. The Labute approximate surface area is 231 Å². The van der Waals surface area contributed by atoms with E-state index in [-0.39, 0.29) is 23.8 Å². The molecule has 0 bridgehead atoms. The first kappa shape index (κ1) is 29.2. The summed E-state index contributed by atoms with van der Waals surface area (Å²) < 4.78 is 54.7. The molecule has 1 unspecified atom stereocenters. The Hall–Kier alpha value is -3.75. The molecule has 1 fully saturated rings. The third-order valence-electron chi connectivity index (χ3n) is 7.79. The van der Waals surface area contributed by atoms with Gasteiger partial charge in [0, 0.05) is 36.2 Å². The lowest BCUT2D eigenvalue weighted by atomic mass is 9.81. The van der Waals surface area contributed by atoms with E-state index >= 15 is 0 Å². The second-order valence-corrected chi connectivity index (χ2v) is 11.7. The molecular weight excluding hydrogens is 522 g/mol. The van der Waals surface area contributed by atoms with E-state index in [9.17, 15) is 27.2 Å². The fraction of sp³-hybridized carbons (Fsp3) is 0.387. The van der Waals surface area contributed by atoms with Gasteiger partial charge in [-0.25, -0.2) is 4.39 Å². The van der Waals surface area contributed by atoms with Gasteiger partial charge in [0.15, 0.2) is 0 Å². The number of hydrogen-bond donors (Lipinski definition) is 1. The van der Waals surface area contributed by atoms with E-state index in [4.69, 9.17) is 0 Å². The zero-order valence-corrected chi connectivity index (χ0v) is 23.6. The van der Waals surface area contributed by atoms with Crippen molar-refractivity contribution in [3.8, 4) is 11.1 Å². The molecule has 40 heavy (non-hydrogen) atoms. The van der Waals surface area contributed by atoms with Crippen molar-refractivity contribution >= 4 is 17.5 Å². The van der Waals surface area contributed by atoms with Crippen LogP contribution in [0.5, 0.6) is 0 Å². The van der Waals surface area contributed by atoms with Crippen LogP contribution >= 0.6 is 0 Å². The highest BCUT2D eigenvalue weighted by molar-refractivity contribution is 6.03. The van der Waals surface area contributed by atoms with Crippen molar-refractivity contribution in [2.75, 3.05) is 11.9 Å². The predicted molar refractivity (Wildman–Crippen MR) is 147 cm³/mol. The van der Waals surface area contributed by atoms with Gasteiger partial charge in [-0.2, -0.15) is 13.2 Å². The van der Waals surface area contributed by atoms with Crippen molar-refractivity contribution in [1.82, 2.24) is 10.3 Å². The van der Waals surface area contributed by atoms with E-state index in [1.165, 1.54) is 23.2 Å². The number of halogens is 4. The Morgan fingerprint density at radius 1 is 1.02 bits per heavy atom. The number of anilines is 1. The molecular formula is C31H33F4N3O2. The normalized spacial score (nSPS) is 17.1. The number of alkyl halides is 3. The van der Waals surface area contributed by atoms with Crippen molar-refractivity contribution in [2.24, 2.45) is 0 Å². The van der Waals surface area contributed by atoms with Crippen LogP contribution in [0, 0.1) is 19.7 Å². The maximum atomic E-state index is 14.0. The van der Waals surface area contributed by atoms with Gasteiger partial charge in [0.25, 0.3) is 0 Å². The Bertz CT molecular complexity index is 1490. The van der Waals surface area contributed by atoms with E-state index in [1.54, 1.807) is 46.9 Å². The number of aryl methyl sites for hydroxylation is 2. The lowest BCUT2D eigenvalue weighted by Crippen LogP contribution is -2.42. The maximum absolute atomic E-state index is 14.0. The summed E-state index contributed by atoms with van der Waals surface area (Å²) in [4.78, 5) is 32.2. The largest absolute Gasteiger partial charge is 0.416 e. The number of likely N-dealkylation sites (N-methyl/N-ethyl adjacent to an activating group) is 1. The molecule has 2 aromatic carbocycles. The molecule has 0 saturated carbocycles. The van der Waals surface area contributed by atoms with Gasteiger partial charge in [0.1, 0.15) is 5.82 Å². The van der Waals surface area contributed by atoms with Crippen LogP contribution in [0.25, 0.3) is 11.1 Å². The molecule has 1 N–H and O–H groups in total. The SMILES string of the molecule is Cc1cc(C(F)(F)F)cc(C(C)(C)C(=O)N(C)c2cnc(C3CC(=O)NC3(C)C)cc2-c2ccc(F)cc2C)c1. The minimum Gasteiger partial charge on any atom is -0.351 e. The summed E-state index contributed by atoms with van der Waals surface area (Å²) in [7, 11) is 1.55. The summed E-state index contributed by atoms with van der Waals surface area (Å²) in [5.74, 6) is -1.18. The van der Waals surface area contributed by atoms with E-state index in [0.717, 1.165) is 12.1 Å². The molecule has 1 aromatic heterocycles. The summed E-state index contributed by atoms with van der Waals surface area (Å²) in [6.45, 7) is 10.3. The highest BCUT2D eigenvalue weighted by Crippen LogP contribution is 2.41. The molecule has 1 aliphatic heterocycles. The Kier molecular flexibility index (Phi) is 7.32. The van der Waals surface area contributed by atoms with Crippen LogP contribution in [0.15, 0.2) is 48.7 Å². The Morgan fingerprint density at radius 3 is 2.25 bits per heavy atom. The van der Waals surface area contributed by atoms with Gasteiger partial charge in [-0.15, -0.1) is 0 Å². The molecule has 1 saturated heterocycles. The number of amides is 2. The number of nitrogens with zero attached hydrogens (tertiary/aromatic N) is 2. The number of hydrogen-bond acceptors (Lipinski definition) is 3. The van der Waals surface area contributed by atoms with Crippen LogP contribution in [-0.2, 0) is 21.2 Å². The number of carbonyl (C=O) groups is 2. The highest BCUT2D eigenvalue weighted by atomic mass is 19.4. The first-order valence-corrected chi connectivity index (χ1v) is 13.0. The lowest BCUT2D eigenvalue weighted by molar-refractivity contribution is -0.138. The minimum absolute atomic E-state index is 0.0918. The summed E-state index contributed by atoms with van der Waals surface area (Å²) in [6, 6.07) is 9.80. The lowest BCUT2D eigenvalue weighted by Gasteiger charge is -2.32. The third-order valence-corrected chi connectivity index (χ3v) is 7.79. The number of benzene rings is 2. The molecule has 0 aliphatic carbocycles. The van der Waals surface area contributed by atoms with Gasteiger partial charge < -0.3 is 10.2 Å². The molecule has 1 atom stereocenters. The van der Waals surface area contributed by atoms with Gasteiger partial charge in [-0.05, 0) is 88.6 Å². The van der Waals surface area contributed by atoms with Crippen molar-refractivity contribution in [3.05, 3.63) is 82.4 Å². The molecule has 2 heterocycles. The van der Waals surface area contributed by atoms with Crippen LogP contribution in [0.2, 0.25) is 0 Å². The number of pyridine rings is 1. The smallest absolute Gasteiger partial charge is 0.351 e. The maximum Gasteiger partial charge on any atom is 0.416 e. The highest BCUT2D eigenvalue weighted by Gasteiger charge is 2.42. The predicted octanol–water partition coefficient (Wildman–Crippen LogP) is 6.85. The molecule has 0 radical (unpaired) electrons. The minimum atomic E-state index is -4.55. The first-order valence-electron chi connectivity index (χ1n) is 13.0. The van der Waals surface area contributed by atoms with Crippen LogP contribution < -0.4 is 10.2 Å². The summed E-state index contributed by atoms with van der Waals surface area (Å²) >= 11 is 0. The number of aromatic nitrogens is 1. The second-order valence-electron chi connectivity index (χ2n) is 11.7. The molecule has 0 spiro atoms. The number of rotatable bonds is 5. The topological polar surface area (TPSA) is 62.3 Å². The Morgan fingerprint density at radius 2 is 1.68 bits per heavy atom. The zero-order chi connectivity index (χ0) is 29.8. The van der Waals surface area contributed by atoms with Crippen molar-refractivity contribution < 1.29 is 27.2 Å². The zero-order valence-electron chi connectivity index (χ0n) is 23.6. The average Bonchev–Trinajstić information content (AvgIpc) is 3.13. The molecule has 4 rings (SSSR count). The first-order chi connectivity index (χ1) is 18.4. The summed E-state index contributed by atoms with van der Waals surface area (Å²) in [5, 5.41) is 2.96. The van der Waals surface area contributed by atoms with Crippen LogP contribution in [0.1, 0.15) is 68.0 Å². The van der Waals surface area contributed by atoms with Crippen LogP contribution in [0.3, 0.4) is 0 Å². The molecule has 1 aliphatic rings. The van der Waals surface area contributed by atoms with Gasteiger partial charge in [-0.3, -0.25) is 14.6 Å². The second kappa shape index (κ2) is 10.0. The summed E-state index contributed by atoms with van der Waals surface area (Å²) in [6.07, 6.45) is -2.77. The fourth-order valence-corrected chi connectivity index (χ4v) is 5.44. The molecule has 3 aromatic rings. The fourth-order valence-electron chi connectivity index (χ4n) is 5.44.